The molecule has 1 aromatic carbocycles. The number of aromatic nitrogens is 2. The van der Waals surface area contributed by atoms with E-state index in [0.29, 0.717) is 51.4 Å². The second-order valence-corrected chi connectivity index (χ2v) is 13.7. The molecule has 2 aliphatic carbocycles. The fraction of sp³-hybridized carbons (Fsp3) is 0.588. The van der Waals surface area contributed by atoms with Crippen LogP contribution in [0.5, 0.6) is 6.01 Å². The lowest BCUT2D eigenvalue weighted by Gasteiger charge is -2.42. The van der Waals surface area contributed by atoms with Gasteiger partial charge in [0.15, 0.2) is 0 Å². The number of hydrogen-bond donors (Lipinski definition) is 0. The summed E-state index contributed by atoms with van der Waals surface area (Å²) in [6.07, 6.45) is 6.02. The highest BCUT2D eigenvalue weighted by Crippen LogP contribution is 2.59. The Bertz CT molecular complexity index is 1540. The van der Waals surface area contributed by atoms with Crippen LogP contribution in [0.25, 0.3) is 0 Å². The number of nitrogens with zero attached hydrogens (tertiary/aromatic N) is 7. The molecule has 8 rings (SSSR count). The van der Waals surface area contributed by atoms with E-state index in [2.05, 4.69) is 52.6 Å². The van der Waals surface area contributed by atoms with E-state index in [1.54, 1.807) is 10.5 Å². The van der Waals surface area contributed by atoms with Crippen molar-refractivity contribution in [2.45, 2.75) is 56.7 Å². The predicted molar refractivity (Wildman–Crippen MR) is 166 cm³/mol. The minimum absolute atomic E-state index is 0.0415. The number of fused-ring (bicyclic) bond motifs is 5. The first-order valence-electron chi connectivity index (χ1n) is 16.2. The van der Waals surface area contributed by atoms with Crippen molar-refractivity contribution in [3.63, 3.8) is 0 Å². The number of anilines is 2. The molecule has 4 aliphatic heterocycles. The highest BCUT2D eigenvalue weighted by molar-refractivity contribution is 5.87. The first-order chi connectivity index (χ1) is 21.5. The minimum atomic E-state index is -0.225. The number of hydrogen-bond acceptors (Lipinski definition) is 9. The summed E-state index contributed by atoms with van der Waals surface area (Å²) in [7, 11) is 2.17. The van der Waals surface area contributed by atoms with Gasteiger partial charge in [-0.05, 0) is 74.4 Å². The molecule has 0 bridgehead atoms. The van der Waals surface area contributed by atoms with E-state index >= 15 is 0 Å². The number of carbonyl (C=O) groups is 1. The molecule has 1 saturated carbocycles. The van der Waals surface area contributed by atoms with Gasteiger partial charge in [-0.15, -0.1) is 0 Å². The molecule has 2 aromatic rings. The summed E-state index contributed by atoms with van der Waals surface area (Å²) in [5.74, 6) is 2.32. The van der Waals surface area contributed by atoms with Crippen LogP contribution >= 0.6 is 0 Å². The molecule has 1 aromatic heterocycles. The number of benzene rings is 1. The summed E-state index contributed by atoms with van der Waals surface area (Å²) in [5.41, 5.74) is 6.58. The van der Waals surface area contributed by atoms with Gasteiger partial charge in [0.1, 0.15) is 12.4 Å². The molecular formula is C34H41N7O3. The van der Waals surface area contributed by atoms with Crippen LogP contribution in [0.15, 0.2) is 30.9 Å². The fourth-order valence-electron chi connectivity index (χ4n) is 8.70. The lowest BCUT2D eigenvalue weighted by Crippen LogP contribution is -2.55. The van der Waals surface area contributed by atoms with Crippen molar-refractivity contribution in [2.75, 3.05) is 69.4 Å². The van der Waals surface area contributed by atoms with Gasteiger partial charge in [0.05, 0.1) is 44.0 Å². The van der Waals surface area contributed by atoms with Crippen molar-refractivity contribution >= 4 is 17.4 Å². The fourth-order valence-corrected chi connectivity index (χ4v) is 8.70. The first kappa shape index (κ1) is 27.8. The molecule has 4 fully saturated rings. The van der Waals surface area contributed by atoms with Crippen LogP contribution in [-0.4, -0.2) is 97.4 Å². The topological polar surface area (TPSA) is 98.1 Å². The SMILES string of the molecule is C=CC(=O)N1CCN(c2nc(OCC34CCN(C)C3COC4)nc3c2CCN(c2cccc4c2C2CC2C4)C3)C[C@@H]1CC#N. The zero-order chi connectivity index (χ0) is 30.0. The molecule has 0 spiro atoms. The van der Waals surface area contributed by atoms with Gasteiger partial charge in [-0.3, -0.25) is 4.79 Å². The summed E-state index contributed by atoms with van der Waals surface area (Å²) in [6.45, 7) is 9.99. The van der Waals surface area contributed by atoms with Crippen LogP contribution in [0.2, 0.25) is 0 Å². The van der Waals surface area contributed by atoms with Crippen molar-refractivity contribution in [3.05, 3.63) is 53.2 Å². The molecule has 0 radical (unpaired) electrons. The van der Waals surface area contributed by atoms with E-state index < -0.39 is 0 Å². The zero-order valence-corrected chi connectivity index (χ0v) is 25.6. The number of piperazine rings is 1. The Morgan fingerprint density at radius 3 is 3.02 bits per heavy atom. The summed E-state index contributed by atoms with van der Waals surface area (Å²) in [5, 5.41) is 9.58. The lowest BCUT2D eigenvalue weighted by atomic mass is 9.84. The van der Waals surface area contributed by atoms with Crippen molar-refractivity contribution in [2.24, 2.45) is 11.3 Å². The number of likely N-dealkylation sites (tertiary alicyclic amines) is 1. The van der Waals surface area contributed by atoms with Crippen molar-refractivity contribution in [1.29, 1.82) is 5.26 Å². The van der Waals surface area contributed by atoms with E-state index in [4.69, 9.17) is 19.4 Å². The maximum Gasteiger partial charge on any atom is 0.318 e. The molecule has 6 aliphatic rings. The molecule has 230 valence electrons. The van der Waals surface area contributed by atoms with Gasteiger partial charge in [-0.25, -0.2) is 0 Å². The smallest absolute Gasteiger partial charge is 0.318 e. The van der Waals surface area contributed by atoms with Crippen LogP contribution in [-0.2, 0) is 28.9 Å². The van der Waals surface area contributed by atoms with E-state index in [9.17, 15) is 10.1 Å². The number of carbonyl (C=O) groups excluding carboxylic acids is 1. The Labute approximate surface area is 259 Å². The quantitative estimate of drug-likeness (QED) is 0.448. The normalized spacial score (nSPS) is 30.3. The van der Waals surface area contributed by atoms with E-state index in [0.717, 1.165) is 61.4 Å². The van der Waals surface area contributed by atoms with Crippen LogP contribution in [0.1, 0.15) is 47.6 Å². The highest BCUT2D eigenvalue weighted by atomic mass is 16.5. The second kappa shape index (κ2) is 10.7. The Balaban J connectivity index is 1.12. The average Bonchev–Trinajstić information content (AvgIpc) is 3.36. The van der Waals surface area contributed by atoms with E-state index in [1.807, 2.05) is 0 Å². The zero-order valence-electron chi connectivity index (χ0n) is 25.6. The Hall–Kier alpha value is -3.68. The maximum absolute atomic E-state index is 12.6. The maximum atomic E-state index is 12.6. The number of ether oxygens (including phenoxy) is 2. The van der Waals surface area contributed by atoms with E-state index in [1.165, 1.54) is 30.2 Å². The summed E-state index contributed by atoms with van der Waals surface area (Å²) in [6, 6.07) is 9.64. The van der Waals surface area contributed by atoms with Gasteiger partial charge in [-0.2, -0.15) is 15.2 Å². The molecule has 3 saturated heterocycles. The van der Waals surface area contributed by atoms with Gasteiger partial charge in [-0.1, -0.05) is 18.7 Å². The molecule has 5 atom stereocenters. The average molecular weight is 596 g/mol. The van der Waals surface area contributed by atoms with Crippen LogP contribution < -0.4 is 14.5 Å². The molecule has 5 heterocycles. The molecular weight excluding hydrogens is 554 g/mol. The third kappa shape index (κ3) is 4.55. The summed E-state index contributed by atoms with van der Waals surface area (Å²) >= 11 is 0. The number of likely N-dealkylation sites (N-methyl/N-ethyl adjacent to an activating group) is 1. The third-order valence-corrected chi connectivity index (χ3v) is 11.2. The molecule has 0 N–H and O–H groups in total. The number of rotatable bonds is 7. The number of nitriles is 1. The second-order valence-electron chi connectivity index (χ2n) is 13.7. The third-order valence-electron chi connectivity index (χ3n) is 11.2. The molecule has 10 nitrogen and oxygen atoms in total. The first-order valence-corrected chi connectivity index (χ1v) is 16.2. The largest absolute Gasteiger partial charge is 0.463 e. The van der Waals surface area contributed by atoms with Crippen LogP contribution in [0, 0.1) is 22.7 Å². The Morgan fingerprint density at radius 1 is 1.25 bits per heavy atom. The summed E-state index contributed by atoms with van der Waals surface area (Å²) in [4.78, 5) is 31.7. The molecule has 10 heteroatoms. The number of amides is 1. The summed E-state index contributed by atoms with van der Waals surface area (Å²) < 4.78 is 12.5. The Morgan fingerprint density at radius 2 is 2.16 bits per heavy atom. The van der Waals surface area contributed by atoms with Gasteiger partial charge in [0.25, 0.3) is 0 Å². The van der Waals surface area contributed by atoms with Gasteiger partial charge < -0.3 is 29.1 Å². The van der Waals surface area contributed by atoms with Crippen molar-refractivity contribution in [3.8, 4) is 12.1 Å². The monoisotopic (exact) mass is 595 g/mol. The van der Waals surface area contributed by atoms with Crippen LogP contribution in [0.4, 0.5) is 11.5 Å². The lowest BCUT2D eigenvalue weighted by molar-refractivity contribution is -0.128. The predicted octanol–water partition coefficient (Wildman–Crippen LogP) is 2.92. The van der Waals surface area contributed by atoms with Gasteiger partial charge in [0.2, 0.25) is 5.91 Å². The van der Waals surface area contributed by atoms with Crippen molar-refractivity contribution < 1.29 is 14.3 Å². The minimum Gasteiger partial charge on any atom is -0.463 e. The molecule has 4 unspecified atom stereocenters. The van der Waals surface area contributed by atoms with Crippen LogP contribution in [0.3, 0.4) is 0 Å². The molecule has 44 heavy (non-hydrogen) atoms. The van der Waals surface area contributed by atoms with Gasteiger partial charge in [0, 0.05) is 48.9 Å². The van der Waals surface area contributed by atoms with Gasteiger partial charge >= 0.3 is 6.01 Å². The standard InChI is InChI=1S/C34H41N7O3/c1-3-30(42)41-14-13-40(17-24(41)7-10-35)32-25-8-11-39(28-6-4-5-22-15-23-16-26(23)31(22)28)18-27(25)36-33(37-32)44-21-34-9-12-38(2)29(34)19-43-20-34/h3-6,23-24,26,29H,1,7-9,11-21H2,2H3/t23?,24-,26?,29?,34?/m0/s1. The van der Waals surface area contributed by atoms with E-state index in [-0.39, 0.29) is 23.8 Å². The Kier molecular flexibility index (Phi) is 6.80. The molecule has 1 amide bonds. The van der Waals surface area contributed by atoms with Crippen molar-refractivity contribution in [1.82, 2.24) is 19.8 Å². The highest BCUT2D eigenvalue weighted by Gasteiger charge is 2.51.